The lowest BCUT2D eigenvalue weighted by atomic mass is 10.2. The number of aryl methyl sites for hydroxylation is 1. The molecule has 162 valence electrons. The van der Waals surface area contributed by atoms with Crippen LogP contribution < -0.4 is 10.1 Å². The van der Waals surface area contributed by atoms with Crippen LogP contribution in [-0.4, -0.2) is 11.1 Å². The predicted molar refractivity (Wildman–Crippen MR) is 142 cm³/mol. The van der Waals surface area contributed by atoms with Crippen molar-refractivity contribution < 1.29 is 9.53 Å². The molecule has 0 bridgehead atoms. The maximum atomic E-state index is 12.4. The van der Waals surface area contributed by atoms with Gasteiger partial charge in [-0.05, 0) is 94.9 Å². The third kappa shape index (κ3) is 5.86. The normalized spacial score (nSPS) is 15.9. The molecule has 1 N–H and O–H groups in total. The quantitative estimate of drug-likeness (QED) is 0.248. The van der Waals surface area contributed by atoms with E-state index >= 15 is 0 Å². The molecule has 0 spiro atoms. The first-order valence-electron chi connectivity index (χ1n) is 9.60. The summed E-state index contributed by atoms with van der Waals surface area (Å²) in [7, 11) is 0. The molecule has 0 saturated carbocycles. The number of carbonyl (C=O) groups excluding carboxylic acids is 1. The maximum absolute atomic E-state index is 12.4. The third-order valence-corrected chi connectivity index (χ3v) is 7.04. The minimum atomic E-state index is -0.157. The van der Waals surface area contributed by atoms with E-state index in [0.29, 0.717) is 26.7 Å². The molecule has 0 aromatic heterocycles. The summed E-state index contributed by atoms with van der Waals surface area (Å²) in [6.07, 6.45) is 1.85. The van der Waals surface area contributed by atoms with E-state index in [1.165, 1.54) is 11.8 Å². The molecular weight excluding hydrogens is 578 g/mol. The largest absolute Gasteiger partial charge is 0.488 e. The summed E-state index contributed by atoms with van der Waals surface area (Å²) < 4.78 is 6.86. The highest BCUT2D eigenvalue weighted by Crippen LogP contribution is 2.30. The van der Waals surface area contributed by atoms with Gasteiger partial charge in [0.2, 0.25) is 0 Å². The van der Waals surface area contributed by atoms with Crippen LogP contribution in [0.25, 0.3) is 6.08 Å². The monoisotopic (exact) mass is 594 g/mol. The maximum Gasteiger partial charge on any atom is 0.264 e. The second-order valence-corrected chi connectivity index (χ2v) is 10.1. The molecule has 0 radical (unpaired) electrons. The van der Waals surface area contributed by atoms with Gasteiger partial charge >= 0.3 is 0 Å². The number of amidine groups is 1. The van der Waals surface area contributed by atoms with Crippen molar-refractivity contribution >= 4 is 80.4 Å². The highest BCUT2D eigenvalue weighted by Gasteiger charge is 2.23. The molecule has 1 aliphatic heterocycles. The fraction of sp³-hybridized carbons (Fsp3) is 0.0833. The number of aliphatic imine (C=N–C) groups is 1. The van der Waals surface area contributed by atoms with Crippen LogP contribution in [0.3, 0.4) is 0 Å². The summed E-state index contributed by atoms with van der Waals surface area (Å²) in [6, 6.07) is 19.0. The van der Waals surface area contributed by atoms with E-state index in [1.807, 2.05) is 61.5 Å². The number of nitrogens with zero attached hydrogens (tertiary/aromatic N) is 1. The summed E-state index contributed by atoms with van der Waals surface area (Å²) in [4.78, 5) is 17.5. The van der Waals surface area contributed by atoms with Crippen LogP contribution in [0.4, 0.5) is 5.69 Å². The Kier molecular flexibility index (Phi) is 7.45. The van der Waals surface area contributed by atoms with Crippen molar-refractivity contribution in [1.29, 1.82) is 0 Å². The van der Waals surface area contributed by atoms with Crippen LogP contribution in [0, 0.1) is 10.5 Å². The van der Waals surface area contributed by atoms with Gasteiger partial charge in [0, 0.05) is 0 Å². The van der Waals surface area contributed by atoms with Crippen molar-refractivity contribution in [3.05, 3.63) is 95.9 Å². The lowest BCUT2D eigenvalue weighted by Gasteiger charge is -2.10. The Morgan fingerprint density at radius 1 is 1.06 bits per heavy atom. The molecular formula is C24H17Cl2IN2O2S. The summed E-state index contributed by atoms with van der Waals surface area (Å²) in [5, 5.41) is 4.41. The van der Waals surface area contributed by atoms with E-state index < -0.39 is 0 Å². The number of thioether (sulfide) groups is 1. The van der Waals surface area contributed by atoms with Crippen LogP contribution >= 0.6 is 57.6 Å². The number of benzene rings is 3. The van der Waals surface area contributed by atoms with Gasteiger partial charge in [-0.3, -0.25) is 4.79 Å². The van der Waals surface area contributed by atoms with Gasteiger partial charge in [-0.1, -0.05) is 53.0 Å². The molecule has 0 atom stereocenters. The molecule has 1 saturated heterocycles. The van der Waals surface area contributed by atoms with Crippen LogP contribution in [0.15, 0.2) is 70.6 Å². The summed E-state index contributed by atoms with van der Waals surface area (Å²) in [5.41, 5.74) is 3.81. The van der Waals surface area contributed by atoms with E-state index in [9.17, 15) is 4.79 Å². The highest BCUT2D eigenvalue weighted by atomic mass is 127. The first-order valence-corrected chi connectivity index (χ1v) is 12.2. The Bertz CT molecular complexity index is 1240. The fourth-order valence-corrected chi connectivity index (χ4v) is 4.74. The zero-order chi connectivity index (χ0) is 22.7. The van der Waals surface area contributed by atoms with Gasteiger partial charge in [-0.15, -0.1) is 0 Å². The molecule has 3 aromatic rings. The van der Waals surface area contributed by atoms with Gasteiger partial charge in [0.25, 0.3) is 5.91 Å². The lowest BCUT2D eigenvalue weighted by molar-refractivity contribution is -0.115. The topological polar surface area (TPSA) is 50.7 Å². The van der Waals surface area contributed by atoms with Crippen molar-refractivity contribution in [2.24, 2.45) is 4.99 Å². The molecule has 8 heteroatoms. The molecule has 0 aliphatic carbocycles. The van der Waals surface area contributed by atoms with Crippen molar-refractivity contribution in [1.82, 2.24) is 5.32 Å². The van der Waals surface area contributed by atoms with Gasteiger partial charge in [-0.2, -0.15) is 0 Å². The van der Waals surface area contributed by atoms with E-state index in [4.69, 9.17) is 27.9 Å². The second-order valence-electron chi connectivity index (χ2n) is 7.04. The van der Waals surface area contributed by atoms with E-state index in [-0.39, 0.29) is 5.91 Å². The standard InChI is InChI=1S/C24H17Cl2IN2O2S/c1-14-2-6-17(7-3-14)28-24-29-23(30)22(32-24)12-15-5-9-21(20(27)11-15)31-13-16-4-8-18(25)19(26)10-16/h2-12H,13H2,1H3,(H,28,29,30)/b22-12+. The Morgan fingerprint density at radius 2 is 1.84 bits per heavy atom. The molecule has 4 nitrogen and oxygen atoms in total. The molecule has 1 fully saturated rings. The van der Waals surface area contributed by atoms with Gasteiger partial charge < -0.3 is 10.1 Å². The third-order valence-electron chi connectivity index (χ3n) is 4.55. The van der Waals surface area contributed by atoms with Crippen LogP contribution in [0.5, 0.6) is 5.75 Å². The number of halogens is 3. The number of nitrogens with one attached hydrogen (secondary N) is 1. The molecule has 1 amide bonds. The Morgan fingerprint density at radius 3 is 2.56 bits per heavy atom. The number of amides is 1. The van der Waals surface area contributed by atoms with E-state index in [2.05, 4.69) is 32.9 Å². The minimum absolute atomic E-state index is 0.157. The van der Waals surface area contributed by atoms with E-state index in [1.54, 1.807) is 12.1 Å². The van der Waals surface area contributed by atoms with Crippen LogP contribution in [-0.2, 0) is 11.4 Å². The van der Waals surface area contributed by atoms with Gasteiger partial charge in [0.15, 0.2) is 5.17 Å². The van der Waals surface area contributed by atoms with Crippen LogP contribution in [0.2, 0.25) is 10.0 Å². The van der Waals surface area contributed by atoms with Gasteiger partial charge in [0.1, 0.15) is 12.4 Å². The SMILES string of the molecule is Cc1ccc(N=C2NC(=O)/C(=C\c3ccc(OCc4ccc(Cl)c(Cl)c4)c(I)c3)S2)cc1. The number of carbonyl (C=O) groups is 1. The number of hydrogen-bond donors (Lipinski definition) is 1. The Hall–Kier alpha value is -2.00. The average molecular weight is 595 g/mol. The van der Waals surface area contributed by atoms with Gasteiger partial charge in [-0.25, -0.2) is 4.99 Å². The first-order chi connectivity index (χ1) is 15.4. The number of ether oxygens (including phenoxy) is 1. The summed E-state index contributed by atoms with van der Waals surface area (Å²) in [5.74, 6) is 0.597. The zero-order valence-electron chi connectivity index (χ0n) is 16.9. The van der Waals surface area contributed by atoms with Crippen molar-refractivity contribution in [3.8, 4) is 5.75 Å². The summed E-state index contributed by atoms with van der Waals surface area (Å²) >= 11 is 15.6. The molecule has 3 aromatic carbocycles. The van der Waals surface area contributed by atoms with Crippen molar-refractivity contribution in [3.63, 3.8) is 0 Å². The predicted octanol–water partition coefficient (Wildman–Crippen LogP) is 7.38. The van der Waals surface area contributed by atoms with Crippen LogP contribution in [0.1, 0.15) is 16.7 Å². The Labute approximate surface area is 214 Å². The Balaban J connectivity index is 1.44. The molecule has 4 rings (SSSR count). The van der Waals surface area contributed by atoms with Crippen molar-refractivity contribution in [2.45, 2.75) is 13.5 Å². The molecule has 0 unspecified atom stereocenters. The van der Waals surface area contributed by atoms with Crippen molar-refractivity contribution in [2.75, 3.05) is 0 Å². The fourth-order valence-electron chi connectivity index (χ4n) is 2.88. The second kappa shape index (κ2) is 10.3. The average Bonchev–Trinajstić information content (AvgIpc) is 3.10. The molecule has 1 aliphatic rings. The first kappa shape index (κ1) is 23.2. The lowest BCUT2D eigenvalue weighted by Crippen LogP contribution is -2.19. The number of rotatable bonds is 5. The highest BCUT2D eigenvalue weighted by molar-refractivity contribution is 14.1. The molecule has 1 heterocycles. The minimum Gasteiger partial charge on any atom is -0.488 e. The van der Waals surface area contributed by atoms with Gasteiger partial charge in [0.05, 0.1) is 24.2 Å². The zero-order valence-corrected chi connectivity index (χ0v) is 21.3. The smallest absolute Gasteiger partial charge is 0.264 e. The molecule has 32 heavy (non-hydrogen) atoms. The number of hydrogen-bond acceptors (Lipinski definition) is 4. The van der Waals surface area contributed by atoms with E-state index in [0.717, 1.165) is 31.7 Å². The summed E-state index contributed by atoms with van der Waals surface area (Å²) in [6.45, 7) is 2.40.